The minimum Gasteiger partial charge on any atom is -0.352 e. The van der Waals surface area contributed by atoms with Crippen molar-refractivity contribution in [1.29, 1.82) is 0 Å². The second kappa shape index (κ2) is 7.66. The van der Waals surface area contributed by atoms with E-state index in [4.69, 9.17) is 0 Å². The highest BCUT2D eigenvalue weighted by molar-refractivity contribution is 5.81. The van der Waals surface area contributed by atoms with E-state index in [1.54, 1.807) is 0 Å². The highest BCUT2D eigenvalue weighted by Gasteiger charge is 2.20. The fourth-order valence-corrected chi connectivity index (χ4v) is 1.65. The molecule has 0 heterocycles. The second-order valence-corrected chi connectivity index (χ2v) is 5.15. The molecule has 16 heavy (non-hydrogen) atoms. The van der Waals surface area contributed by atoms with Crippen LogP contribution >= 0.6 is 0 Å². The van der Waals surface area contributed by atoms with E-state index in [9.17, 15) is 4.79 Å². The van der Waals surface area contributed by atoms with Gasteiger partial charge in [-0.05, 0) is 32.2 Å². The normalized spacial score (nSPS) is 16.9. The molecule has 96 valence electrons. The zero-order valence-corrected chi connectivity index (χ0v) is 11.6. The van der Waals surface area contributed by atoms with E-state index in [2.05, 4.69) is 45.3 Å². The van der Waals surface area contributed by atoms with Crippen molar-refractivity contribution in [1.82, 2.24) is 10.6 Å². The molecule has 3 nitrogen and oxygen atoms in total. The van der Waals surface area contributed by atoms with Crippen LogP contribution in [0.15, 0.2) is 0 Å². The summed E-state index contributed by atoms with van der Waals surface area (Å²) in [6.07, 6.45) is 1.98. The second-order valence-electron chi connectivity index (χ2n) is 5.15. The van der Waals surface area contributed by atoms with Crippen molar-refractivity contribution in [2.24, 2.45) is 11.8 Å². The summed E-state index contributed by atoms with van der Waals surface area (Å²) < 4.78 is 0. The zero-order chi connectivity index (χ0) is 12.7. The summed E-state index contributed by atoms with van der Waals surface area (Å²) in [6.45, 7) is 10.7. The molecule has 0 aromatic heterocycles. The first-order valence-electron chi connectivity index (χ1n) is 6.39. The maximum atomic E-state index is 12.0. The quantitative estimate of drug-likeness (QED) is 0.701. The summed E-state index contributed by atoms with van der Waals surface area (Å²) >= 11 is 0. The van der Waals surface area contributed by atoms with Crippen molar-refractivity contribution in [2.75, 3.05) is 7.05 Å². The molecule has 0 radical (unpaired) electrons. The molecular formula is C13H28N2O. The summed E-state index contributed by atoms with van der Waals surface area (Å²) in [5.41, 5.74) is 0. The minimum absolute atomic E-state index is 0.0634. The molecule has 0 rings (SSSR count). The van der Waals surface area contributed by atoms with Crippen molar-refractivity contribution in [3.05, 3.63) is 0 Å². The van der Waals surface area contributed by atoms with Crippen LogP contribution in [-0.2, 0) is 4.79 Å². The Morgan fingerprint density at radius 1 is 1.19 bits per heavy atom. The zero-order valence-electron chi connectivity index (χ0n) is 11.6. The Bertz CT molecular complexity index is 204. The Morgan fingerprint density at radius 2 is 1.75 bits per heavy atom. The van der Waals surface area contributed by atoms with E-state index in [0.29, 0.717) is 11.8 Å². The fourth-order valence-electron chi connectivity index (χ4n) is 1.65. The minimum atomic E-state index is -0.0634. The van der Waals surface area contributed by atoms with Gasteiger partial charge < -0.3 is 10.6 Å². The fraction of sp³-hybridized carbons (Fsp3) is 0.923. The van der Waals surface area contributed by atoms with Gasteiger partial charge in [-0.3, -0.25) is 4.79 Å². The molecule has 0 aromatic rings. The molecule has 0 saturated heterocycles. The van der Waals surface area contributed by atoms with Crippen molar-refractivity contribution in [3.63, 3.8) is 0 Å². The topological polar surface area (TPSA) is 41.1 Å². The Morgan fingerprint density at radius 3 is 2.12 bits per heavy atom. The number of carbonyl (C=O) groups excluding carboxylic acids is 1. The third-order valence-electron chi connectivity index (χ3n) is 3.24. The maximum absolute atomic E-state index is 12.0. The summed E-state index contributed by atoms with van der Waals surface area (Å²) in [6, 6.07) is 0.187. The van der Waals surface area contributed by atoms with E-state index < -0.39 is 0 Å². The van der Waals surface area contributed by atoms with Crippen LogP contribution in [-0.4, -0.2) is 25.0 Å². The first-order chi connectivity index (χ1) is 7.42. The van der Waals surface area contributed by atoms with E-state index >= 15 is 0 Å². The molecule has 0 aliphatic rings. The Balaban J connectivity index is 4.20. The smallest absolute Gasteiger partial charge is 0.237 e. The van der Waals surface area contributed by atoms with Gasteiger partial charge in [0.15, 0.2) is 0 Å². The van der Waals surface area contributed by atoms with Gasteiger partial charge in [0.05, 0.1) is 6.04 Å². The van der Waals surface area contributed by atoms with E-state index in [0.717, 1.165) is 12.8 Å². The molecule has 3 heteroatoms. The monoisotopic (exact) mass is 228 g/mol. The van der Waals surface area contributed by atoms with Gasteiger partial charge in [0.1, 0.15) is 0 Å². The molecule has 0 aliphatic carbocycles. The van der Waals surface area contributed by atoms with Crippen LogP contribution in [0.4, 0.5) is 0 Å². The van der Waals surface area contributed by atoms with Crippen molar-refractivity contribution >= 4 is 5.91 Å². The number of likely N-dealkylation sites (N-methyl/N-ethyl adjacent to an activating group) is 1. The summed E-state index contributed by atoms with van der Waals surface area (Å²) in [4.78, 5) is 12.0. The van der Waals surface area contributed by atoms with Gasteiger partial charge >= 0.3 is 0 Å². The van der Waals surface area contributed by atoms with Crippen LogP contribution in [0.2, 0.25) is 0 Å². The third-order valence-corrected chi connectivity index (χ3v) is 3.24. The van der Waals surface area contributed by atoms with Crippen molar-refractivity contribution in [3.8, 4) is 0 Å². The molecule has 1 amide bonds. The number of hydrogen-bond donors (Lipinski definition) is 2. The number of nitrogens with one attached hydrogen (secondary N) is 2. The largest absolute Gasteiger partial charge is 0.352 e. The highest BCUT2D eigenvalue weighted by atomic mass is 16.2. The van der Waals surface area contributed by atoms with Crippen molar-refractivity contribution < 1.29 is 4.79 Å². The molecule has 0 spiro atoms. The summed E-state index contributed by atoms with van der Waals surface area (Å²) in [7, 11) is 1.85. The van der Waals surface area contributed by atoms with Crippen LogP contribution in [0.1, 0.15) is 47.5 Å². The average Bonchev–Trinajstić information content (AvgIpc) is 2.23. The standard InChI is InChI=1S/C13H28N2O/c1-7-10(4)11(5)15-13(16)12(14-6)8-9(2)3/h9-12,14H,7-8H2,1-6H3,(H,15,16). The Kier molecular flexibility index (Phi) is 7.39. The van der Waals surface area contributed by atoms with E-state index in [-0.39, 0.29) is 18.0 Å². The predicted molar refractivity (Wildman–Crippen MR) is 69.4 cm³/mol. The molecule has 0 bridgehead atoms. The lowest BCUT2D eigenvalue weighted by molar-refractivity contribution is -0.124. The van der Waals surface area contributed by atoms with Crippen LogP contribution in [0.3, 0.4) is 0 Å². The molecule has 0 aliphatic heterocycles. The van der Waals surface area contributed by atoms with Gasteiger partial charge in [-0.25, -0.2) is 0 Å². The molecule has 0 fully saturated rings. The van der Waals surface area contributed by atoms with Gasteiger partial charge in [-0.2, -0.15) is 0 Å². The first-order valence-corrected chi connectivity index (χ1v) is 6.39. The van der Waals surface area contributed by atoms with Crippen LogP contribution < -0.4 is 10.6 Å². The number of rotatable bonds is 7. The van der Waals surface area contributed by atoms with Crippen molar-refractivity contribution in [2.45, 2.75) is 59.5 Å². The number of hydrogen-bond acceptors (Lipinski definition) is 2. The Hall–Kier alpha value is -0.570. The van der Waals surface area contributed by atoms with Gasteiger partial charge in [-0.15, -0.1) is 0 Å². The van der Waals surface area contributed by atoms with Gasteiger partial charge in [0.25, 0.3) is 0 Å². The lowest BCUT2D eigenvalue weighted by atomic mass is 9.99. The number of amides is 1. The predicted octanol–water partition coefficient (Wildman–Crippen LogP) is 2.17. The Labute approximate surface area is 100 Å². The average molecular weight is 228 g/mol. The van der Waals surface area contributed by atoms with E-state index in [1.165, 1.54) is 0 Å². The number of carbonyl (C=O) groups is 1. The molecule has 0 saturated carbocycles. The third kappa shape index (κ3) is 5.50. The first kappa shape index (κ1) is 15.4. The maximum Gasteiger partial charge on any atom is 0.237 e. The lowest BCUT2D eigenvalue weighted by Crippen LogP contribution is -2.48. The molecule has 0 aromatic carbocycles. The van der Waals surface area contributed by atoms with Crippen LogP contribution in [0.5, 0.6) is 0 Å². The molecule has 2 N–H and O–H groups in total. The van der Waals surface area contributed by atoms with Gasteiger partial charge in [0, 0.05) is 6.04 Å². The lowest BCUT2D eigenvalue weighted by Gasteiger charge is -2.24. The van der Waals surface area contributed by atoms with Gasteiger partial charge in [0.2, 0.25) is 5.91 Å². The summed E-state index contributed by atoms with van der Waals surface area (Å²) in [5, 5.41) is 6.17. The van der Waals surface area contributed by atoms with Gasteiger partial charge in [-0.1, -0.05) is 34.1 Å². The van der Waals surface area contributed by atoms with E-state index in [1.807, 2.05) is 7.05 Å². The van der Waals surface area contributed by atoms with Crippen LogP contribution in [0, 0.1) is 11.8 Å². The highest BCUT2D eigenvalue weighted by Crippen LogP contribution is 2.09. The molecular weight excluding hydrogens is 200 g/mol. The SMILES string of the molecule is CCC(C)C(C)NC(=O)C(CC(C)C)NC. The summed E-state index contributed by atoms with van der Waals surface area (Å²) in [5.74, 6) is 1.19. The molecule has 3 unspecified atom stereocenters. The molecule has 3 atom stereocenters. The van der Waals surface area contributed by atoms with Crippen LogP contribution in [0.25, 0.3) is 0 Å².